The zero-order chi connectivity index (χ0) is 37.2. The first-order chi connectivity index (χ1) is 28.3. The van der Waals surface area contributed by atoms with Gasteiger partial charge in [0.2, 0.25) is 0 Å². The van der Waals surface area contributed by atoms with Crippen LogP contribution in [0.25, 0.3) is 111 Å². The van der Waals surface area contributed by atoms with Crippen molar-refractivity contribution in [2.75, 3.05) is 0 Å². The van der Waals surface area contributed by atoms with E-state index in [0.717, 1.165) is 87.8 Å². The number of benzene rings is 8. The summed E-state index contributed by atoms with van der Waals surface area (Å²) in [7, 11) is 0. The molecule has 0 saturated carbocycles. The maximum atomic E-state index is 7.03. The van der Waals surface area contributed by atoms with E-state index < -0.39 is 0 Å². The molecule has 0 unspecified atom stereocenters. The van der Waals surface area contributed by atoms with Crippen molar-refractivity contribution in [1.29, 1.82) is 0 Å². The van der Waals surface area contributed by atoms with Crippen LogP contribution >= 0.6 is 0 Å². The molecule has 0 N–H and O–H groups in total. The molecule has 0 saturated heterocycles. The van der Waals surface area contributed by atoms with E-state index in [1.165, 1.54) is 10.8 Å². The summed E-state index contributed by atoms with van der Waals surface area (Å²) in [4.78, 5) is 0. The first-order valence-corrected chi connectivity index (χ1v) is 19.2. The Labute approximate surface area is 324 Å². The number of rotatable bonds is 4. The monoisotopic (exact) mass is 730 g/mol. The second kappa shape index (κ2) is 11.3. The lowest BCUT2D eigenvalue weighted by molar-refractivity contribution is 0.515. The molecule has 0 spiro atoms. The van der Waals surface area contributed by atoms with Crippen LogP contribution in [0.4, 0.5) is 0 Å². The van der Waals surface area contributed by atoms with Crippen LogP contribution < -0.4 is 0 Å². The minimum absolute atomic E-state index is 0.398. The summed E-state index contributed by atoms with van der Waals surface area (Å²) in [5.41, 5.74) is 10.6. The molecule has 5 heterocycles. The van der Waals surface area contributed by atoms with Crippen molar-refractivity contribution >= 4 is 87.2 Å². The van der Waals surface area contributed by atoms with Crippen molar-refractivity contribution < 1.29 is 4.42 Å². The van der Waals surface area contributed by atoms with Crippen LogP contribution in [0.15, 0.2) is 186 Å². The zero-order valence-electron chi connectivity index (χ0n) is 30.4. The van der Waals surface area contributed by atoms with Crippen LogP contribution in [0, 0.1) is 0 Å². The van der Waals surface area contributed by atoms with Gasteiger partial charge < -0.3 is 13.6 Å². The van der Waals surface area contributed by atoms with Gasteiger partial charge in [0.15, 0.2) is 0 Å². The second-order valence-electron chi connectivity index (χ2n) is 14.7. The van der Waals surface area contributed by atoms with Crippen LogP contribution in [0.1, 0.15) is 0 Å². The van der Waals surface area contributed by atoms with Crippen molar-refractivity contribution in [2.24, 2.45) is 0 Å². The molecule has 57 heavy (non-hydrogen) atoms. The molecule has 7 nitrogen and oxygen atoms in total. The van der Waals surface area contributed by atoms with Crippen LogP contribution in [0.3, 0.4) is 0 Å². The fourth-order valence-electron chi connectivity index (χ4n) is 9.48. The first kappa shape index (κ1) is 30.4. The number of aromatic nitrogens is 6. The fraction of sp³-hybridized carbons (Fsp3) is 0. The van der Waals surface area contributed by atoms with Gasteiger partial charge in [-0.25, -0.2) is 0 Å². The van der Waals surface area contributed by atoms with E-state index >= 15 is 0 Å². The topological polar surface area (TPSA) is 58.6 Å². The van der Waals surface area contributed by atoms with E-state index in [4.69, 9.17) is 14.6 Å². The zero-order valence-corrected chi connectivity index (χ0v) is 30.4. The predicted octanol–water partition coefficient (Wildman–Crippen LogP) is 12.5. The maximum Gasteiger partial charge on any atom is 0.329 e. The highest BCUT2D eigenvalue weighted by Gasteiger charge is 2.26. The number of nitrogens with zero attached hydrogens (tertiary/aromatic N) is 6. The lowest BCUT2D eigenvalue weighted by Gasteiger charge is -2.10. The highest BCUT2D eigenvalue weighted by atomic mass is 16.4. The summed E-state index contributed by atoms with van der Waals surface area (Å²) in [5, 5.41) is 19.0. The van der Waals surface area contributed by atoms with Gasteiger partial charge in [-0.3, -0.25) is 9.13 Å². The van der Waals surface area contributed by atoms with Gasteiger partial charge in [0.05, 0.1) is 44.1 Å². The van der Waals surface area contributed by atoms with Gasteiger partial charge in [0, 0.05) is 54.5 Å². The van der Waals surface area contributed by atoms with Gasteiger partial charge in [0.1, 0.15) is 0 Å². The number of para-hydroxylation sites is 6. The summed E-state index contributed by atoms with van der Waals surface area (Å²) in [5.74, 6) is 0. The van der Waals surface area contributed by atoms with Crippen LogP contribution in [0.5, 0.6) is 0 Å². The van der Waals surface area contributed by atoms with Gasteiger partial charge in [-0.2, -0.15) is 0 Å². The molecule has 0 aliphatic carbocycles. The first-order valence-electron chi connectivity index (χ1n) is 19.2. The molecule has 0 fully saturated rings. The SMILES string of the molecule is c1ccc(-n2c3ccccc3c3ccc4c5ccccc5n(-c5nnc(-n6c7ccccc7c7ccc8c9ccccc9n(-c9ccccc9)c8c76)o5)c4c32)cc1. The molecule has 0 aliphatic rings. The third kappa shape index (κ3) is 4.04. The fourth-order valence-corrected chi connectivity index (χ4v) is 9.48. The van der Waals surface area contributed by atoms with Gasteiger partial charge in [0.25, 0.3) is 0 Å². The summed E-state index contributed by atoms with van der Waals surface area (Å²) in [6.45, 7) is 0. The van der Waals surface area contributed by atoms with E-state index in [0.29, 0.717) is 12.0 Å². The van der Waals surface area contributed by atoms with Crippen LogP contribution in [-0.4, -0.2) is 28.5 Å². The summed E-state index contributed by atoms with van der Waals surface area (Å²) in [6, 6.07) is 65.2. The normalized spacial score (nSPS) is 12.2. The second-order valence-corrected chi connectivity index (χ2v) is 14.7. The maximum absolute atomic E-state index is 7.03. The van der Waals surface area contributed by atoms with Gasteiger partial charge >= 0.3 is 12.0 Å². The molecule has 0 radical (unpaired) electrons. The predicted molar refractivity (Wildman–Crippen MR) is 232 cm³/mol. The van der Waals surface area contributed by atoms with E-state index in [-0.39, 0.29) is 0 Å². The largest absolute Gasteiger partial charge is 0.388 e. The minimum atomic E-state index is 0.398. The Morgan fingerprint density at radius 2 is 0.544 bits per heavy atom. The number of hydrogen-bond donors (Lipinski definition) is 0. The molecule has 8 aromatic carbocycles. The summed E-state index contributed by atoms with van der Waals surface area (Å²) >= 11 is 0. The Balaban J connectivity index is 1.16. The molecular formula is C50H30N6O. The Bertz CT molecular complexity index is 3500. The molecule has 0 atom stereocenters. The van der Waals surface area contributed by atoms with Gasteiger partial charge in [-0.05, 0) is 48.5 Å². The molecule has 0 aliphatic heterocycles. The average molecular weight is 731 g/mol. The highest BCUT2D eigenvalue weighted by molar-refractivity contribution is 6.25. The van der Waals surface area contributed by atoms with Crippen molar-refractivity contribution in [3.05, 3.63) is 182 Å². The van der Waals surface area contributed by atoms with E-state index in [1.807, 2.05) is 0 Å². The molecule has 0 bridgehead atoms. The molecule has 13 rings (SSSR count). The van der Waals surface area contributed by atoms with E-state index in [9.17, 15) is 0 Å². The van der Waals surface area contributed by atoms with E-state index in [1.54, 1.807) is 0 Å². The minimum Gasteiger partial charge on any atom is -0.388 e. The van der Waals surface area contributed by atoms with Crippen LogP contribution in [-0.2, 0) is 0 Å². The molecular weight excluding hydrogens is 701 g/mol. The summed E-state index contributed by atoms with van der Waals surface area (Å²) < 4.78 is 16.1. The number of fused-ring (bicyclic) bond motifs is 14. The number of hydrogen-bond acceptors (Lipinski definition) is 3. The van der Waals surface area contributed by atoms with Crippen molar-refractivity contribution in [2.45, 2.75) is 0 Å². The quantitative estimate of drug-likeness (QED) is 0.181. The molecule has 13 aromatic rings. The Morgan fingerprint density at radius 3 is 0.895 bits per heavy atom. The third-order valence-electron chi connectivity index (χ3n) is 11.8. The third-order valence-corrected chi connectivity index (χ3v) is 11.8. The molecule has 266 valence electrons. The van der Waals surface area contributed by atoms with E-state index in [2.05, 4.69) is 200 Å². The molecule has 0 amide bonds. The highest BCUT2D eigenvalue weighted by Crippen LogP contribution is 2.44. The van der Waals surface area contributed by atoms with Gasteiger partial charge in [-0.15, -0.1) is 0 Å². The van der Waals surface area contributed by atoms with Crippen molar-refractivity contribution in [3.63, 3.8) is 0 Å². The molecule has 5 aromatic heterocycles. The Kier molecular flexibility index (Phi) is 6.04. The lowest BCUT2D eigenvalue weighted by atomic mass is 10.1. The summed E-state index contributed by atoms with van der Waals surface area (Å²) in [6.07, 6.45) is 0. The standard InChI is InChI=1S/C50H30N6O/c1-3-15-31(16-4-1)53-41-23-11-7-19-33(41)37-27-29-39-35-21-9-13-25-43(35)55(47(39)45(37)53)49-51-52-50(57-49)56-44-26-14-10-22-36(44)40-30-28-38-34-20-8-12-24-42(34)54(46(38)48(40)56)32-17-5-2-6-18-32/h1-30H. The lowest BCUT2D eigenvalue weighted by Crippen LogP contribution is -1.99. The van der Waals surface area contributed by atoms with Crippen molar-refractivity contribution in [3.8, 4) is 23.4 Å². The Hall–Kier alpha value is -7.90. The van der Waals surface area contributed by atoms with Crippen molar-refractivity contribution in [1.82, 2.24) is 28.5 Å². The van der Waals surface area contributed by atoms with Gasteiger partial charge in [-0.1, -0.05) is 144 Å². The Morgan fingerprint density at radius 1 is 0.263 bits per heavy atom. The van der Waals surface area contributed by atoms with Crippen LogP contribution in [0.2, 0.25) is 0 Å². The molecule has 7 heteroatoms. The average Bonchev–Trinajstić information content (AvgIpc) is 4.09. The smallest absolute Gasteiger partial charge is 0.329 e.